The topological polar surface area (TPSA) is 81.4 Å². The third kappa shape index (κ3) is 4.81. The quantitative estimate of drug-likeness (QED) is 0.748. The van der Waals surface area contributed by atoms with Gasteiger partial charge < -0.3 is 10.5 Å². The Morgan fingerprint density at radius 2 is 2.05 bits per heavy atom. The van der Waals surface area contributed by atoms with E-state index in [1.807, 2.05) is 20.8 Å². The van der Waals surface area contributed by atoms with Gasteiger partial charge in [-0.2, -0.15) is 0 Å². The highest BCUT2D eigenvalue weighted by Gasteiger charge is 2.26. The van der Waals surface area contributed by atoms with Crippen molar-refractivity contribution in [2.45, 2.75) is 31.7 Å². The number of sulfonamides is 1. The molecule has 1 aromatic carbocycles. The molecule has 0 heterocycles. The third-order valence-electron chi connectivity index (χ3n) is 2.92. The molecule has 1 atom stereocenters. The number of ether oxygens (including phenoxy) is 1. The smallest absolute Gasteiger partial charge is 0.243 e. The van der Waals surface area contributed by atoms with E-state index in [9.17, 15) is 12.8 Å². The van der Waals surface area contributed by atoms with Gasteiger partial charge in [-0.25, -0.2) is 17.5 Å². The Balaban J connectivity index is 3.10. The summed E-state index contributed by atoms with van der Waals surface area (Å²) >= 11 is 5.64. The number of rotatable bonds is 7. The maximum atomic E-state index is 13.9. The molecule has 0 bridgehead atoms. The lowest BCUT2D eigenvalue weighted by Crippen LogP contribution is -2.42. The van der Waals surface area contributed by atoms with E-state index in [1.54, 1.807) is 0 Å². The number of anilines is 1. The first-order valence-corrected chi connectivity index (χ1v) is 8.39. The van der Waals surface area contributed by atoms with Crippen LogP contribution in [-0.2, 0) is 14.8 Å². The van der Waals surface area contributed by atoms with Gasteiger partial charge in [-0.3, -0.25) is 0 Å². The van der Waals surface area contributed by atoms with Crippen molar-refractivity contribution in [3.63, 3.8) is 0 Å². The van der Waals surface area contributed by atoms with Crippen LogP contribution >= 0.6 is 11.6 Å². The molecule has 0 aromatic heterocycles. The third-order valence-corrected chi connectivity index (χ3v) is 4.68. The van der Waals surface area contributed by atoms with E-state index in [0.29, 0.717) is 6.61 Å². The molecule has 21 heavy (non-hydrogen) atoms. The van der Waals surface area contributed by atoms with E-state index in [-0.39, 0.29) is 23.2 Å². The number of hydrogen-bond acceptors (Lipinski definition) is 4. The zero-order chi connectivity index (χ0) is 16.2. The molecule has 0 saturated heterocycles. The van der Waals surface area contributed by atoms with Crippen molar-refractivity contribution in [1.82, 2.24) is 4.72 Å². The van der Waals surface area contributed by atoms with E-state index < -0.39 is 26.8 Å². The largest absolute Gasteiger partial charge is 0.399 e. The molecular formula is C13H20ClFN2O3S. The average Bonchev–Trinajstić information content (AvgIpc) is 2.38. The van der Waals surface area contributed by atoms with Crippen LogP contribution < -0.4 is 10.5 Å². The summed E-state index contributed by atoms with van der Waals surface area (Å²) in [7, 11) is -4.08. The van der Waals surface area contributed by atoms with Gasteiger partial charge in [-0.1, -0.05) is 25.4 Å². The second-order valence-corrected chi connectivity index (χ2v) is 7.04. The van der Waals surface area contributed by atoms with Gasteiger partial charge in [0.1, 0.15) is 4.90 Å². The Hall–Kier alpha value is -0.890. The van der Waals surface area contributed by atoms with Crippen LogP contribution in [0.15, 0.2) is 17.0 Å². The summed E-state index contributed by atoms with van der Waals surface area (Å²) in [6, 6.07) is 1.73. The molecule has 3 N–H and O–H groups in total. The van der Waals surface area contributed by atoms with Crippen molar-refractivity contribution >= 4 is 27.3 Å². The fourth-order valence-electron chi connectivity index (χ4n) is 1.65. The molecule has 1 aromatic rings. The lowest BCUT2D eigenvalue weighted by atomic mass is 10.1. The van der Waals surface area contributed by atoms with Gasteiger partial charge in [0.05, 0.1) is 11.6 Å². The normalized spacial score (nSPS) is 13.6. The van der Waals surface area contributed by atoms with Crippen LogP contribution in [0.5, 0.6) is 0 Å². The molecule has 8 heteroatoms. The number of hydrogen-bond donors (Lipinski definition) is 2. The van der Waals surface area contributed by atoms with Crippen molar-refractivity contribution in [1.29, 1.82) is 0 Å². The van der Waals surface area contributed by atoms with Crippen LogP contribution in [-0.4, -0.2) is 27.7 Å². The Labute approximate surface area is 129 Å². The monoisotopic (exact) mass is 338 g/mol. The maximum Gasteiger partial charge on any atom is 0.243 e. The highest BCUT2D eigenvalue weighted by molar-refractivity contribution is 7.89. The minimum Gasteiger partial charge on any atom is -0.399 e. The van der Waals surface area contributed by atoms with Crippen molar-refractivity contribution in [3.05, 3.63) is 23.0 Å². The summed E-state index contributed by atoms with van der Waals surface area (Å²) in [6.45, 7) is 6.15. The zero-order valence-corrected chi connectivity index (χ0v) is 13.8. The van der Waals surface area contributed by atoms with Crippen molar-refractivity contribution in [2.75, 3.05) is 18.9 Å². The minimum atomic E-state index is -4.08. The molecule has 5 nitrogen and oxygen atoms in total. The molecular weight excluding hydrogens is 319 g/mol. The molecule has 120 valence electrons. The molecule has 0 aliphatic rings. The van der Waals surface area contributed by atoms with Gasteiger partial charge >= 0.3 is 0 Å². The first kappa shape index (κ1) is 18.2. The summed E-state index contributed by atoms with van der Waals surface area (Å²) in [4.78, 5) is -0.561. The molecule has 0 radical (unpaired) electrons. The second-order valence-electron chi connectivity index (χ2n) is 4.95. The van der Waals surface area contributed by atoms with Crippen molar-refractivity contribution in [2.24, 2.45) is 5.92 Å². The summed E-state index contributed by atoms with van der Waals surface area (Å²) < 4.78 is 46.2. The fraction of sp³-hybridized carbons (Fsp3) is 0.538. The van der Waals surface area contributed by atoms with Crippen LogP contribution in [0.3, 0.4) is 0 Å². The Morgan fingerprint density at radius 3 is 2.57 bits per heavy atom. The predicted octanol–water partition coefficient (Wildman–Crippen LogP) is 2.40. The summed E-state index contributed by atoms with van der Waals surface area (Å²) in [5, 5.41) is -0.332. The van der Waals surface area contributed by atoms with Crippen molar-refractivity contribution < 1.29 is 17.5 Å². The zero-order valence-electron chi connectivity index (χ0n) is 12.2. The second kappa shape index (κ2) is 7.40. The highest BCUT2D eigenvalue weighted by atomic mass is 35.5. The Bertz CT molecular complexity index is 593. The van der Waals surface area contributed by atoms with Crippen LogP contribution in [0.25, 0.3) is 0 Å². The van der Waals surface area contributed by atoms with Crippen molar-refractivity contribution in [3.8, 4) is 0 Å². The molecule has 0 fully saturated rings. The van der Waals surface area contributed by atoms with E-state index in [4.69, 9.17) is 22.1 Å². The molecule has 0 aliphatic heterocycles. The first-order chi connectivity index (χ1) is 9.69. The van der Waals surface area contributed by atoms with Crippen LogP contribution in [0, 0.1) is 11.7 Å². The highest BCUT2D eigenvalue weighted by Crippen LogP contribution is 2.26. The van der Waals surface area contributed by atoms with Gasteiger partial charge in [-0.05, 0) is 25.0 Å². The molecule has 0 amide bonds. The minimum absolute atomic E-state index is 0.0223. The van der Waals surface area contributed by atoms with E-state index >= 15 is 0 Å². The lowest BCUT2D eigenvalue weighted by Gasteiger charge is -2.22. The average molecular weight is 339 g/mol. The van der Waals surface area contributed by atoms with E-state index in [2.05, 4.69) is 4.72 Å². The van der Waals surface area contributed by atoms with Crippen LogP contribution in [0.4, 0.5) is 10.1 Å². The van der Waals surface area contributed by atoms with Gasteiger partial charge in [0.2, 0.25) is 10.0 Å². The SMILES string of the molecule is CCOCC(NS(=O)(=O)c1cc(N)cc(Cl)c1F)C(C)C. The first-order valence-electron chi connectivity index (χ1n) is 6.53. The predicted molar refractivity (Wildman–Crippen MR) is 81.3 cm³/mol. The molecule has 0 spiro atoms. The summed E-state index contributed by atoms with van der Waals surface area (Å²) in [6.07, 6.45) is 0. The Morgan fingerprint density at radius 1 is 1.43 bits per heavy atom. The van der Waals surface area contributed by atoms with Gasteiger partial charge in [-0.15, -0.1) is 0 Å². The number of halogens is 2. The maximum absolute atomic E-state index is 13.9. The summed E-state index contributed by atoms with van der Waals surface area (Å²) in [5.74, 6) is -1.04. The Kier molecular flexibility index (Phi) is 6.40. The van der Waals surface area contributed by atoms with Gasteiger partial charge in [0, 0.05) is 18.3 Å². The van der Waals surface area contributed by atoms with Crippen LogP contribution in [0.2, 0.25) is 5.02 Å². The van der Waals surface area contributed by atoms with Crippen LogP contribution in [0.1, 0.15) is 20.8 Å². The fourth-order valence-corrected chi connectivity index (χ4v) is 3.44. The standard InChI is InChI=1S/C13H20ClFN2O3S/c1-4-20-7-11(8(2)3)17-21(18,19)12-6-9(16)5-10(14)13(12)15/h5-6,8,11,17H,4,7,16H2,1-3H3. The molecule has 1 unspecified atom stereocenters. The van der Waals surface area contributed by atoms with E-state index in [0.717, 1.165) is 12.1 Å². The van der Waals surface area contributed by atoms with E-state index in [1.165, 1.54) is 0 Å². The van der Waals surface area contributed by atoms with Gasteiger partial charge in [0.15, 0.2) is 5.82 Å². The number of nitrogens with two attached hydrogens (primary N) is 1. The number of nitrogens with one attached hydrogen (secondary N) is 1. The molecule has 1 rings (SSSR count). The lowest BCUT2D eigenvalue weighted by molar-refractivity contribution is 0.116. The molecule has 0 aliphatic carbocycles. The number of nitrogen functional groups attached to an aromatic ring is 1. The van der Waals surface area contributed by atoms with Gasteiger partial charge in [0.25, 0.3) is 0 Å². The number of benzene rings is 1. The summed E-state index contributed by atoms with van der Waals surface area (Å²) in [5.41, 5.74) is 5.60. The molecule has 0 saturated carbocycles.